The first kappa shape index (κ1) is 20.6. The maximum Gasteiger partial charge on any atom is 0.233 e. The molecule has 30 heavy (non-hydrogen) atoms. The van der Waals surface area contributed by atoms with Gasteiger partial charge in [-0.15, -0.1) is 10.2 Å². The molecular formula is C23H25FN4OS. The Morgan fingerprint density at radius 2 is 1.83 bits per heavy atom. The predicted octanol–water partition coefficient (Wildman–Crippen LogP) is 4.92. The van der Waals surface area contributed by atoms with Gasteiger partial charge in [-0.2, -0.15) is 0 Å². The minimum atomic E-state index is -0.359. The highest BCUT2D eigenvalue weighted by atomic mass is 32.2. The molecule has 0 aliphatic heterocycles. The SMILES string of the molecule is Cc1ccc(-n2c(SC(C)C(=O)NC3CCCC3)nnc2-c2ccccc2F)cc1. The van der Waals surface area contributed by atoms with Gasteiger partial charge in [-0.1, -0.05) is 54.4 Å². The van der Waals surface area contributed by atoms with Crippen molar-refractivity contribution in [3.8, 4) is 17.1 Å². The van der Waals surface area contributed by atoms with Crippen LogP contribution < -0.4 is 5.32 Å². The number of carbonyl (C=O) groups is 1. The number of halogens is 1. The van der Waals surface area contributed by atoms with Crippen molar-refractivity contribution in [2.75, 3.05) is 0 Å². The van der Waals surface area contributed by atoms with Crippen LogP contribution in [0.2, 0.25) is 0 Å². The van der Waals surface area contributed by atoms with Crippen molar-refractivity contribution in [2.45, 2.75) is 56.0 Å². The zero-order chi connectivity index (χ0) is 21.1. The van der Waals surface area contributed by atoms with Crippen LogP contribution in [0, 0.1) is 12.7 Å². The van der Waals surface area contributed by atoms with Crippen molar-refractivity contribution in [1.82, 2.24) is 20.1 Å². The summed E-state index contributed by atoms with van der Waals surface area (Å²) in [6.07, 6.45) is 4.42. The molecule has 0 saturated heterocycles. The molecule has 0 radical (unpaired) electrons. The maximum absolute atomic E-state index is 14.5. The highest BCUT2D eigenvalue weighted by molar-refractivity contribution is 8.00. The lowest BCUT2D eigenvalue weighted by Gasteiger charge is -2.17. The second-order valence-corrected chi connectivity index (χ2v) is 9.01. The minimum Gasteiger partial charge on any atom is -0.352 e. The standard InChI is InChI=1S/C23H25FN4OS/c1-15-11-13-18(14-12-15)28-21(19-9-5-6-10-20(19)24)26-27-23(28)30-16(2)22(29)25-17-7-3-4-8-17/h5-6,9-14,16-17H,3-4,7-8H2,1-2H3,(H,25,29). The van der Waals surface area contributed by atoms with Crippen LogP contribution in [0.5, 0.6) is 0 Å². The summed E-state index contributed by atoms with van der Waals surface area (Å²) in [4.78, 5) is 12.7. The lowest BCUT2D eigenvalue weighted by Crippen LogP contribution is -2.37. The first-order valence-electron chi connectivity index (χ1n) is 10.3. The number of hydrogen-bond acceptors (Lipinski definition) is 4. The minimum absolute atomic E-state index is 0.00204. The van der Waals surface area contributed by atoms with Crippen LogP contribution in [-0.2, 0) is 4.79 Å². The van der Waals surface area contributed by atoms with E-state index in [0.29, 0.717) is 16.5 Å². The molecule has 1 unspecified atom stereocenters. The number of hydrogen-bond donors (Lipinski definition) is 1. The molecule has 1 aliphatic carbocycles. The van der Waals surface area contributed by atoms with Gasteiger partial charge in [0.2, 0.25) is 5.91 Å². The van der Waals surface area contributed by atoms with E-state index in [-0.39, 0.29) is 23.0 Å². The molecule has 1 aromatic heterocycles. The average Bonchev–Trinajstić information content (AvgIpc) is 3.39. The molecule has 1 amide bonds. The van der Waals surface area contributed by atoms with E-state index in [2.05, 4.69) is 15.5 Å². The van der Waals surface area contributed by atoms with Gasteiger partial charge in [0.1, 0.15) is 5.82 Å². The highest BCUT2D eigenvalue weighted by Crippen LogP contribution is 2.31. The van der Waals surface area contributed by atoms with Gasteiger partial charge in [-0.25, -0.2) is 4.39 Å². The number of amides is 1. The van der Waals surface area contributed by atoms with Gasteiger partial charge in [0, 0.05) is 11.7 Å². The largest absolute Gasteiger partial charge is 0.352 e. The van der Waals surface area contributed by atoms with Gasteiger partial charge >= 0.3 is 0 Å². The molecule has 156 valence electrons. The second-order valence-electron chi connectivity index (χ2n) is 7.71. The Labute approximate surface area is 180 Å². The average molecular weight is 425 g/mol. The van der Waals surface area contributed by atoms with Crippen molar-refractivity contribution in [3.05, 3.63) is 59.9 Å². The molecule has 7 heteroatoms. The molecular weight excluding hydrogens is 399 g/mol. The lowest BCUT2D eigenvalue weighted by atomic mass is 10.2. The summed E-state index contributed by atoms with van der Waals surface area (Å²) >= 11 is 1.34. The van der Waals surface area contributed by atoms with Gasteiger partial charge in [0.25, 0.3) is 0 Å². The van der Waals surface area contributed by atoms with Crippen LogP contribution in [0.25, 0.3) is 17.1 Å². The zero-order valence-corrected chi connectivity index (χ0v) is 18.0. The normalized spacial score (nSPS) is 15.3. The molecule has 1 saturated carbocycles. The molecule has 5 nitrogen and oxygen atoms in total. The van der Waals surface area contributed by atoms with Crippen molar-refractivity contribution in [1.29, 1.82) is 0 Å². The lowest BCUT2D eigenvalue weighted by molar-refractivity contribution is -0.120. The van der Waals surface area contributed by atoms with Crippen LogP contribution in [0.15, 0.2) is 53.7 Å². The Balaban J connectivity index is 1.66. The van der Waals surface area contributed by atoms with E-state index in [4.69, 9.17) is 0 Å². The molecule has 3 aromatic rings. The van der Waals surface area contributed by atoms with Gasteiger partial charge < -0.3 is 5.32 Å². The maximum atomic E-state index is 14.5. The van der Waals surface area contributed by atoms with Gasteiger partial charge in [-0.05, 0) is 51.0 Å². The van der Waals surface area contributed by atoms with E-state index >= 15 is 0 Å². The van der Waals surface area contributed by atoms with Crippen LogP contribution in [0.3, 0.4) is 0 Å². The Bertz CT molecular complexity index is 1030. The molecule has 0 spiro atoms. The second kappa shape index (κ2) is 9.00. The first-order chi connectivity index (χ1) is 14.5. The Hall–Kier alpha value is -2.67. The zero-order valence-electron chi connectivity index (χ0n) is 17.1. The molecule has 0 bridgehead atoms. The molecule has 1 aliphatic rings. The van der Waals surface area contributed by atoms with Crippen LogP contribution >= 0.6 is 11.8 Å². The number of nitrogens with one attached hydrogen (secondary N) is 1. The molecule has 4 rings (SSSR count). The number of aromatic nitrogens is 3. The molecule has 1 heterocycles. The molecule has 1 fully saturated rings. The van der Waals surface area contributed by atoms with Gasteiger partial charge in [0.05, 0.1) is 10.8 Å². The van der Waals surface area contributed by atoms with E-state index in [1.165, 1.54) is 30.7 Å². The Morgan fingerprint density at radius 3 is 2.53 bits per heavy atom. The predicted molar refractivity (Wildman–Crippen MR) is 117 cm³/mol. The number of carbonyl (C=O) groups excluding carboxylic acids is 1. The van der Waals surface area contributed by atoms with Crippen molar-refractivity contribution < 1.29 is 9.18 Å². The fraction of sp³-hybridized carbons (Fsp3) is 0.348. The summed E-state index contributed by atoms with van der Waals surface area (Å²) in [7, 11) is 0. The fourth-order valence-electron chi connectivity index (χ4n) is 3.69. The van der Waals surface area contributed by atoms with E-state index in [0.717, 1.165) is 24.1 Å². The monoisotopic (exact) mass is 424 g/mol. The quantitative estimate of drug-likeness (QED) is 0.571. The molecule has 1 atom stereocenters. The summed E-state index contributed by atoms with van der Waals surface area (Å²) in [5, 5.41) is 12.0. The number of benzene rings is 2. The van der Waals surface area contributed by atoms with Crippen molar-refractivity contribution in [2.24, 2.45) is 0 Å². The summed E-state index contributed by atoms with van der Waals surface area (Å²) < 4.78 is 16.3. The Morgan fingerprint density at radius 1 is 1.13 bits per heavy atom. The number of nitrogens with zero attached hydrogens (tertiary/aromatic N) is 3. The summed E-state index contributed by atoms with van der Waals surface area (Å²) in [5.74, 6) is 0.0579. The van der Waals surface area contributed by atoms with Crippen LogP contribution in [-0.4, -0.2) is 32.0 Å². The summed E-state index contributed by atoms with van der Waals surface area (Å²) in [6, 6.07) is 14.7. The molecule has 1 N–H and O–H groups in total. The Kier molecular flexibility index (Phi) is 6.18. The fourth-order valence-corrected chi connectivity index (χ4v) is 4.57. The van der Waals surface area contributed by atoms with Crippen LogP contribution in [0.4, 0.5) is 4.39 Å². The third-order valence-corrected chi connectivity index (χ3v) is 6.44. The van der Waals surface area contributed by atoms with Crippen molar-refractivity contribution >= 4 is 17.7 Å². The van der Waals surface area contributed by atoms with E-state index < -0.39 is 0 Å². The van der Waals surface area contributed by atoms with E-state index in [9.17, 15) is 9.18 Å². The van der Waals surface area contributed by atoms with Crippen molar-refractivity contribution in [3.63, 3.8) is 0 Å². The third-order valence-electron chi connectivity index (χ3n) is 5.39. The molecule has 2 aromatic carbocycles. The number of rotatable bonds is 6. The third kappa shape index (κ3) is 4.41. The van der Waals surface area contributed by atoms with Crippen LogP contribution in [0.1, 0.15) is 38.2 Å². The first-order valence-corrected chi connectivity index (χ1v) is 11.2. The van der Waals surface area contributed by atoms with Gasteiger partial charge in [-0.3, -0.25) is 9.36 Å². The number of aryl methyl sites for hydroxylation is 1. The topological polar surface area (TPSA) is 59.8 Å². The van der Waals surface area contributed by atoms with E-state index in [1.807, 2.05) is 42.7 Å². The summed E-state index contributed by atoms with van der Waals surface area (Å²) in [5.41, 5.74) is 2.33. The number of thioether (sulfide) groups is 1. The van der Waals surface area contributed by atoms with Gasteiger partial charge in [0.15, 0.2) is 11.0 Å². The van der Waals surface area contributed by atoms with E-state index in [1.54, 1.807) is 18.2 Å². The smallest absolute Gasteiger partial charge is 0.233 e. The summed E-state index contributed by atoms with van der Waals surface area (Å²) in [6.45, 7) is 3.88. The highest BCUT2D eigenvalue weighted by Gasteiger charge is 2.25.